The third-order valence-corrected chi connectivity index (χ3v) is 13.0. The van der Waals surface area contributed by atoms with Crippen molar-refractivity contribution in [3.8, 4) is 11.8 Å². The predicted molar refractivity (Wildman–Crippen MR) is 238 cm³/mol. The first-order chi connectivity index (χ1) is 30.2. The SMILES string of the molecule is COc1ccc(C(NC[C@H]2O[C@@H](n3cnc4c(NC(=O)c5ccccc5)ncnc43)[C@H](OC)[C@@H]2OP(OCCC#N)N(C(C)C)C(C)C)(c2ccccc2)c2ccccc2)cc1. The van der Waals surface area contributed by atoms with Crippen LogP contribution in [0.1, 0.15) is 67.4 Å². The summed E-state index contributed by atoms with van der Waals surface area (Å²) in [6, 6.07) is 39.9. The number of aromatic nitrogens is 4. The zero-order chi connectivity index (χ0) is 43.6. The van der Waals surface area contributed by atoms with E-state index in [0.717, 1.165) is 22.4 Å². The van der Waals surface area contributed by atoms with E-state index in [2.05, 4.69) is 95.4 Å². The van der Waals surface area contributed by atoms with Crippen molar-refractivity contribution < 1.29 is 28.1 Å². The smallest absolute Gasteiger partial charge is 0.259 e. The summed E-state index contributed by atoms with van der Waals surface area (Å²) >= 11 is 0. The molecule has 4 aromatic carbocycles. The lowest BCUT2D eigenvalue weighted by molar-refractivity contribution is -0.0492. The molecule has 1 aliphatic heterocycles. The van der Waals surface area contributed by atoms with Gasteiger partial charge in [-0.3, -0.25) is 14.7 Å². The van der Waals surface area contributed by atoms with E-state index < -0.39 is 38.6 Å². The zero-order valence-corrected chi connectivity index (χ0v) is 36.7. The molecule has 15 heteroatoms. The Labute approximate surface area is 364 Å². The van der Waals surface area contributed by atoms with Crippen LogP contribution in [0, 0.1) is 11.3 Å². The molecule has 1 fully saturated rings. The number of carbonyl (C=O) groups excluding carboxylic acids is 1. The highest BCUT2D eigenvalue weighted by Gasteiger charge is 2.51. The van der Waals surface area contributed by atoms with Crippen LogP contribution >= 0.6 is 8.53 Å². The number of imidazole rings is 1. The number of nitrogens with zero attached hydrogens (tertiary/aromatic N) is 6. The number of amides is 1. The van der Waals surface area contributed by atoms with E-state index >= 15 is 0 Å². The first-order valence-corrected chi connectivity index (χ1v) is 21.8. The van der Waals surface area contributed by atoms with Crippen LogP contribution < -0.4 is 15.4 Å². The minimum absolute atomic E-state index is 0.0524. The van der Waals surface area contributed by atoms with E-state index in [9.17, 15) is 10.1 Å². The van der Waals surface area contributed by atoms with Crippen molar-refractivity contribution in [2.75, 3.05) is 32.7 Å². The Balaban J connectivity index is 1.32. The fraction of sp³-hybridized carbons (Fsp3) is 0.340. The van der Waals surface area contributed by atoms with Crippen LogP contribution in [0.25, 0.3) is 11.2 Å². The average Bonchev–Trinajstić information content (AvgIpc) is 3.89. The second kappa shape index (κ2) is 20.5. The van der Waals surface area contributed by atoms with Crippen LogP contribution in [-0.2, 0) is 24.1 Å². The van der Waals surface area contributed by atoms with Gasteiger partial charge in [-0.15, -0.1) is 0 Å². The van der Waals surface area contributed by atoms with Gasteiger partial charge in [0, 0.05) is 31.3 Å². The first-order valence-electron chi connectivity index (χ1n) is 20.7. The average molecular weight is 857 g/mol. The largest absolute Gasteiger partial charge is 0.497 e. The number of hydrogen-bond donors (Lipinski definition) is 2. The monoisotopic (exact) mass is 856 g/mol. The Morgan fingerprint density at radius 2 is 1.47 bits per heavy atom. The molecular weight excluding hydrogens is 804 g/mol. The summed E-state index contributed by atoms with van der Waals surface area (Å²) in [4.78, 5) is 26.9. The van der Waals surface area contributed by atoms with Crippen LogP contribution in [0.15, 0.2) is 128 Å². The number of anilines is 1. The minimum Gasteiger partial charge on any atom is -0.497 e. The van der Waals surface area contributed by atoms with Crippen LogP contribution in [0.4, 0.5) is 5.82 Å². The molecule has 0 bridgehead atoms. The molecule has 6 aromatic rings. The van der Waals surface area contributed by atoms with Gasteiger partial charge < -0.3 is 28.6 Å². The number of nitrogens with one attached hydrogen (secondary N) is 2. The fourth-order valence-electron chi connectivity index (χ4n) is 8.05. The molecule has 0 radical (unpaired) electrons. The van der Waals surface area contributed by atoms with Gasteiger partial charge in [0.15, 0.2) is 23.2 Å². The zero-order valence-electron chi connectivity index (χ0n) is 35.8. The van der Waals surface area contributed by atoms with Crippen LogP contribution in [0.3, 0.4) is 0 Å². The molecule has 1 saturated heterocycles. The summed E-state index contributed by atoms with van der Waals surface area (Å²) in [6.45, 7) is 8.87. The highest BCUT2D eigenvalue weighted by atomic mass is 31.2. The highest BCUT2D eigenvalue weighted by Crippen LogP contribution is 2.51. The lowest BCUT2D eigenvalue weighted by Crippen LogP contribution is -2.50. The lowest BCUT2D eigenvalue weighted by atomic mass is 9.76. The van der Waals surface area contributed by atoms with Gasteiger partial charge >= 0.3 is 0 Å². The van der Waals surface area contributed by atoms with E-state index in [1.807, 2.05) is 54.6 Å². The normalized spacial score (nSPS) is 18.3. The third kappa shape index (κ3) is 9.40. The maximum atomic E-state index is 13.2. The number of fused-ring (bicyclic) bond motifs is 1. The first kappa shape index (κ1) is 44.4. The molecule has 0 saturated carbocycles. The summed E-state index contributed by atoms with van der Waals surface area (Å²) in [7, 11) is 1.56. The van der Waals surface area contributed by atoms with Gasteiger partial charge in [-0.1, -0.05) is 91.0 Å². The van der Waals surface area contributed by atoms with E-state index in [-0.39, 0.29) is 43.4 Å². The van der Waals surface area contributed by atoms with Crippen molar-refractivity contribution >= 4 is 31.4 Å². The summed E-state index contributed by atoms with van der Waals surface area (Å²) in [5.74, 6) is 0.675. The number of hydrogen-bond acceptors (Lipinski definition) is 12. The van der Waals surface area contributed by atoms with Crippen molar-refractivity contribution in [1.29, 1.82) is 5.26 Å². The maximum absolute atomic E-state index is 13.2. The molecular formula is C47H53N8O6P. The predicted octanol–water partition coefficient (Wildman–Crippen LogP) is 8.24. The lowest BCUT2D eigenvalue weighted by Gasteiger charge is -2.40. The fourth-order valence-corrected chi connectivity index (χ4v) is 9.82. The molecule has 62 heavy (non-hydrogen) atoms. The Kier molecular flexibility index (Phi) is 14.7. The summed E-state index contributed by atoms with van der Waals surface area (Å²) in [5.41, 5.74) is 3.45. The summed E-state index contributed by atoms with van der Waals surface area (Å²) in [6.07, 6.45) is 0.375. The molecule has 0 spiro atoms. The van der Waals surface area contributed by atoms with Crippen LogP contribution in [-0.4, -0.2) is 87.9 Å². The number of carbonyl (C=O) groups is 1. The molecule has 322 valence electrons. The van der Waals surface area contributed by atoms with Gasteiger partial charge in [0.25, 0.3) is 14.4 Å². The van der Waals surface area contributed by atoms with Crippen molar-refractivity contribution in [3.05, 3.63) is 150 Å². The van der Waals surface area contributed by atoms with Crippen molar-refractivity contribution in [1.82, 2.24) is 29.5 Å². The molecule has 5 atom stereocenters. The molecule has 1 aliphatic rings. The van der Waals surface area contributed by atoms with Gasteiger partial charge in [-0.2, -0.15) is 5.26 Å². The number of nitriles is 1. The maximum Gasteiger partial charge on any atom is 0.259 e. The number of methoxy groups -OCH3 is 2. The summed E-state index contributed by atoms with van der Waals surface area (Å²) < 4.78 is 36.7. The van der Waals surface area contributed by atoms with Gasteiger partial charge in [0.1, 0.15) is 30.4 Å². The van der Waals surface area contributed by atoms with Gasteiger partial charge in [-0.25, -0.2) is 19.6 Å². The minimum atomic E-state index is -1.73. The van der Waals surface area contributed by atoms with E-state index in [4.69, 9.17) is 28.2 Å². The molecule has 1 amide bonds. The number of rotatable bonds is 19. The second-order valence-electron chi connectivity index (χ2n) is 15.3. The van der Waals surface area contributed by atoms with Crippen molar-refractivity contribution in [3.63, 3.8) is 0 Å². The second-order valence-corrected chi connectivity index (χ2v) is 16.7. The standard InChI is InChI=1S/C47H53N8O6P/c1-32(2)55(33(3)4)62(59-28-16-27-48)61-41-39(29-52-47(35-19-12-8-13-20-35,36-21-14-9-15-22-36)37-23-25-38(57-5)26-24-37)60-46(42(41)58-6)54-31-51-40-43(49-30-50-44(40)54)53-45(56)34-17-10-7-11-18-34/h7-15,17-26,30-33,39,41-42,46,52H,16,28-29H2,1-6H3,(H,49,50,53,56)/t39-,41-,42-,46-,62?/m1/s1. The topological polar surface area (TPSA) is 158 Å². The molecule has 14 nitrogen and oxygen atoms in total. The third-order valence-electron chi connectivity index (χ3n) is 10.8. The summed E-state index contributed by atoms with van der Waals surface area (Å²) in [5, 5.41) is 16.4. The molecule has 1 unspecified atom stereocenters. The molecule has 2 aromatic heterocycles. The van der Waals surface area contributed by atoms with Crippen LogP contribution in [0.5, 0.6) is 5.75 Å². The number of benzene rings is 4. The van der Waals surface area contributed by atoms with Crippen molar-refractivity contribution in [2.24, 2.45) is 0 Å². The molecule has 7 rings (SSSR count). The Morgan fingerprint density at radius 1 is 0.855 bits per heavy atom. The van der Waals surface area contributed by atoms with E-state index in [1.165, 1.54) is 6.33 Å². The van der Waals surface area contributed by atoms with Gasteiger partial charge in [-0.05, 0) is 68.7 Å². The Morgan fingerprint density at radius 3 is 2.05 bits per heavy atom. The molecule has 3 heterocycles. The highest BCUT2D eigenvalue weighted by molar-refractivity contribution is 7.44. The van der Waals surface area contributed by atoms with Gasteiger partial charge in [0.05, 0.1) is 38.1 Å². The van der Waals surface area contributed by atoms with E-state index in [1.54, 1.807) is 49.4 Å². The Hall–Kier alpha value is -5.62. The van der Waals surface area contributed by atoms with Crippen molar-refractivity contribution in [2.45, 2.75) is 76.3 Å². The van der Waals surface area contributed by atoms with E-state index in [0.29, 0.717) is 16.7 Å². The molecule has 2 N–H and O–H groups in total. The van der Waals surface area contributed by atoms with Crippen LogP contribution in [0.2, 0.25) is 0 Å². The molecule has 0 aliphatic carbocycles. The quantitative estimate of drug-likeness (QED) is 0.0458. The number of ether oxygens (including phenoxy) is 3. The van der Waals surface area contributed by atoms with Gasteiger partial charge in [0.2, 0.25) is 0 Å². The Bertz CT molecular complexity index is 2350.